The number of rotatable bonds is 9. The Morgan fingerprint density at radius 1 is 1.02 bits per heavy atom. The van der Waals surface area contributed by atoms with E-state index in [1.807, 2.05) is 70.1 Å². The van der Waals surface area contributed by atoms with Crippen molar-refractivity contribution in [1.82, 2.24) is 30.4 Å². The molecule has 0 saturated heterocycles. The maximum atomic E-state index is 14.3. The molecule has 0 aliphatic carbocycles. The quantitative estimate of drug-likeness (QED) is 0.313. The van der Waals surface area contributed by atoms with Crippen molar-refractivity contribution in [1.29, 1.82) is 0 Å². The highest BCUT2D eigenvalue weighted by atomic mass is 19.1. The van der Waals surface area contributed by atoms with E-state index in [4.69, 9.17) is 9.47 Å². The van der Waals surface area contributed by atoms with Crippen molar-refractivity contribution >= 4 is 17.5 Å². The van der Waals surface area contributed by atoms with Gasteiger partial charge in [-0.05, 0) is 73.5 Å². The second-order valence-corrected chi connectivity index (χ2v) is 11.5. The summed E-state index contributed by atoms with van der Waals surface area (Å²) < 4.78 is 25.4. The summed E-state index contributed by atoms with van der Waals surface area (Å²) in [4.78, 5) is 32.6. The topological polar surface area (TPSA) is 115 Å². The SMILES string of the molecule is CN(C)c1ccc([C@H](C(=O)NC(C)(C)C)N(Cc2ccc3c(c2)OCO3)C(=O)Cn2nnc(-c3ccccc3F)n2)cc1. The van der Waals surface area contributed by atoms with E-state index in [1.165, 1.54) is 17.0 Å². The maximum absolute atomic E-state index is 14.3. The van der Waals surface area contributed by atoms with E-state index in [0.717, 1.165) is 16.0 Å². The van der Waals surface area contributed by atoms with Crippen molar-refractivity contribution < 1.29 is 23.5 Å². The number of hydrogen-bond donors (Lipinski definition) is 1. The number of anilines is 1. The summed E-state index contributed by atoms with van der Waals surface area (Å²) in [6, 6.07) is 17.9. The zero-order valence-corrected chi connectivity index (χ0v) is 24.7. The molecule has 2 heterocycles. The molecule has 224 valence electrons. The molecule has 0 fully saturated rings. The predicted molar refractivity (Wildman–Crippen MR) is 158 cm³/mol. The number of nitrogens with zero attached hydrogens (tertiary/aromatic N) is 6. The number of fused-ring (bicyclic) bond motifs is 1. The number of aromatic nitrogens is 4. The second kappa shape index (κ2) is 12.1. The molecule has 1 aliphatic heterocycles. The average Bonchev–Trinajstić information content (AvgIpc) is 3.61. The van der Waals surface area contributed by atoms with E-state index in [-0.39, 0.29) is 37.2 Å². The minimum absolute atomic E-state index is 0.0505. The second-order valence-electron chi connectivity index (χ2n) is 11.5. The van der Waals surface area contributed by atoms with Gasteiger partial charge in [-0.3, -0.25) is 9.59 Å². The Labute approximate surface area is 249 Å². The van der Waals surface area contributed by atoms with Gasteiger partial charge in [0.1, 0.15) is 18.4 Å². The van der Waals surface area contributed by atoms with E-state index in [2.05, 4.69) is 20.7 Å². The van der Waals surface area contributed by atoms with Crippen LogP contribution < -0.4 is 19.7 Å². The number of hydrogen-bond acceptors (Lipinski definition) is 8. The molecule has 0 spiro atoms. The number of ether oxygens (including phenoxy) is 2. The van der Waals surface area contributed by atoms with Crippen molar-refractivity contribution in [2.75, 3.05) is 25.8 Å². The minimum Gasteiger partial charge on any atom is -0.454 e. The summed E-state index contributed by atoms with van der Waals surface area (Å²) in [5, 5.41) is 15.2. The number of carbonyl (C=O) groups is 2. The Morgan fingerprint density at radius 3 is 2.44 bits per heavy atom. The fraction of sp³-hybridized carbons (Fsp3) is 0.323. The number of benzene rings is 3. The smallest absolute Gasteiger partial charge is 0.247 e. The molecule has 1 aliphatic rings. The number of nitrogens with one attached hydrogen (secondary N) is 1. The van der Waals surface area contributed by atoms with Crippen LogP contribution in [0.3, 0.4) is 0 Å². The average molecular weight is 588 g/mol. The van der Waals surface area contributed by atoms with E-state index >= 15 is 0 Å². The Balaban J connectivity index is 1.52. The van der Waals surface area contributed by atoms with Crippen molar-refractivity contribution in [2.45, 2.75) is 45.4 Å². The molecule has 0 unspecified atom stereocenters. The van der Waals surface area contributed by atoms with Crippen LogP contribution in [0.1, 0.15) is 37.9 Å². The van der Waals surface area contributed by atoms with Crippen LogP contribution in [0.15, 0.2) is 66.7 Å². The van der Waals surface area contributed by atoms with Gasteiger partial charge in [0.2, 0.25) is 24.4 Å². The summed E-state index contributed by atoms with van der Waals surface area (Å²) in [5.74, 6) is -0.0788. The van der Waals surface area contributed by atoms with Crippen LogP contribution in [0.25, 0.3) is 11.4 Å². The summed E-state index contributed by atoms with van der Waals surface area (Å²) in [6.07, 6.45) is 0. The van der Waals surface area contributed by atoms with Crippen LogP contribution in [-0.4, -0.2) is 63.3 Å². The van der Waals surface area contributed by atoms with Crippen molar-refractivity contribution in [3.63, 3.8) is 0 Å². The molecule has 1 aromatic heterocycles. The Kier molecular flexibility index (Phi) is 8.29. The Morgan fingerprint density at radius 2 is 1.74 bits per heavy atom. The number of amides is 2. The molecule has 1 N–H and O–H groups in total. The Bertz CT molecular complexity index is 1620. The molecule has 0 saturated carbocycles. The summed E-state index contributed by atoms with van der Waals surface area (Å²) in [6.45, 7) is 5.49. The van der Waals surface area contributed by atoms with Crippen LogP contribution in [0, 0.1) is 5.82 Å². The maximum Gasteiger partial charge on any atom is 0.247 e. The van der Waals surface area contributed by atoms with Crippen molar-refractivity contribution in [3.8, 4) is 22.9 Å². The van der Waals surface area contributed by atoms with Gasteiger partial charge < -0.3 is 24.6 Å². The summed E-state index contributed by atoms with van der Waals surface area (Å²) in [7, 11) is 3.85. The van der Waals surface area contributed by atoms with Gasteiger partial charge in [0.25, 0.3) is 0 Å². The fourth-order valence-corrected chi connectivity index (χ4v) is 4.70. The number of carbonyl (C=O) groups excluding carboxylic acids is 2. The van der Waals surface area contributed by atoms with Crippen LogP contribution in [0.4, 0.5) is 10.1 Å². The highest BCUT2D eigenvalue weighted by molar-refractivity contribution is 5.89. The molecule has 0 bridgehead atoms. The lowest BCUT2D eigenvalue weighted by Crippen LogP contribution is -2.49. The van der Waals surface area contributed by atoms with E-state index in [0.29, 0.717) is 17.1 Å². The van der Waals surface area contributed by atoms with Crippen LogP contribution >= 0.6 is 0 Å². The fourth-order valence-electron chi connectivity index (χ4n) is 4.70. The van der Waals surface area contributed by atoms with Crippen LogP contribution in [0.2, 0.25) is 0 Å². The van der Waals surface area contributed by atoms with Gasteiger partial charge in [0, 0.05) is 31.9 Å². The molecule has 3 aromatic carbocycles. The molecule has 5 rings (SSSR count). The highest BCUT2D eigenvalue weighted by Gasteiger charge is 2.34. The molecular weight excluding hydrogens is 553 g/mol. The lowest BCUT2D eigenvalue weighted by Gasteiger charge is -2.34. The number of tetrazole rings is 1. The summed E-state index contributed by atoms with van der Waals surface area (Å²) in [5.41, 5.74) is 1.91. The third kappa shape index (κ3) is 6.91. The van der Waals surface area contributed by atoms with Gasteiger partial charge >= 0.3 is 0 Å². The molecule has 12 heteroatoms. The lowest BCUT2D eigenvalue weighted by atomic mass is 10.00. The first kappa shape index (κ1) is 29.5. The lowest BCUT2D eigenvalue weighted by molar-refractivity contribution is -0.143. The van der Waals surface area contributed by atoms with Gasteiger partial charge in [-0.1, -0.05) is 30.3 Å². The zero-order chi connectivity index (χ0) is 30.7. The minimum atomic E-state index is -0.997. The normalized spacial score (nSPS) is 13.0. The zero-order valence-electron chi connectivity index (χ0n) is 24.7. The predicted octanol–water partition coefficient (Wildman–Crippen LogP) is 3.96. The van der Waals surface area contributed by atoms with E-state index < -0.39 is 23.3 Å². The largest absolute Gasteiger partial charge is 0.454 e. The van der Waals surface area contributed by atoms with E-state index in [9.17, 15) is 14.0 Å². The van der Waals surface area contributed by atoms with Crippen LogP contribution in [0.5, 0.6) is 11.5 Å². The summed E-state index contributed by atoms with van der Waals surface area (Å²) >= 11 is 0. The van der Waals surface area contributed by atoms with Gasteiger partial charge in [0.05, 0.1) is 5.56 Å². The van der Waals surface area contributed by atoms with Gasteiger partial charge in [-0.2, -0.15) is 4.80 Å². The first-order chi connectivity index (χ1) is 20.5. The van der Waals surface area contributed by atoms with Gasteiger partial charge in [-0.25, -0.2) is 4.39 Å². The third-order valence-electron chi connectivity index (χ3n) is 6.74. The van der Waals surface area contributed by atoms with Gasteiger partial charge in [0.15, 0.2) is 11.5 Å². The van der Waals surface area contributed by atoms with E-state index in [1.54, 1.807) is 24.3 Å². The molecule has 1 atom stereocenters. The Hall–Kier alpha value is -5.00. The molecule has 4 aromatic rings. The number of halogens is 1. The molecule has 0 radical (unpaired) electrons. The first-order valence-corrected chi connectivity index (χ1v) is 13.8. The van der Waals surface area contributed by atoms with Crippen LogP contribution in [-0.2, 0) is 22.7 Å². The van der Waals surface area contributed by atoms with Crippen molar-refractivity contribution in [2.24, 2.45) is 0 Å². The molecule has 2 amide bonds. The van der Waals surface area contributed by atoms with Crippen molar-refractivity contribution in [3.05, 3.63) is 83.7 Å². The molecule has 43 heavy (non-hydrogen) atoms. The first-order valence-electron chi connectivity index (χ1n) is 13.8. The van der Waals surface area contributed by atoms with Gasteiger partial charge in [-0.15, -0.1) is 10.2 Å². The monoisotopic (exact) mass is 587 g/mol. The standard InChI is InChI=1S/C31H34FN7O4/c1-31(2,3)33-30(41)28(21-11-13-22(14-12-21)37(4)5)38(17-20-10-15-25-26(16-20)43-19-42-25)27(40)18-39-35-29(34-36-39)23-8-6-7-9-24(23)32/h6-16,28H,17-19H2,1-5H3,(H,33,41)/t28-/m1/s1. The highest BCUT2D eigenvalue weighted by Crippen LogP contribution is 2.34. The third-order valence-corrected chi connectivity index (χ3v) is 6.74. The molecular formula is C31H34FN7O4. The molecule has 11 nitrogen and oxygen atoms in total.